The van der Waals surface area contributed by atoms with E-state index in [2.05, 4.69) is 9.47 Å². The van der Waals surface area contributed by atoms with E-state index in [1.165, 1.54) is 19.1 Å². The molecule has 1 unspecified atom stereocenters. The molecule has 1 rings (SSSR count). The van der Waals surface area contributed by atoms with E-state index in [4.69, 9.17) is 5.73 Å². The molecule has 0 aromatic heterocycles. The van der Waals surface area contributed by atoms with Gasteiger partial charge in [0.1, 0.15) is 5.75 Å². The van der Waals surface area contributed by atoms with Crippen molar-refractivity contribution in [1.82, 2.24) is 0 Å². The van der Waals surface area contributed by atoms with Gasteiger partial charge in [-0.3, -0.25) is 0 Å². The zero-order chi connectivity index (χ0) is 15.3. The number of alkyl halides is 4. The highest BCUT2D eigenvalue weighted by Gasteiger charge is 2.32. The highest BCUT2D eigenvalue weighted by Crippen LogP contribution is 2.26. The van der Waals surface area contributed by atoms with Gasteiger partial charge < -0.3 is 15.2 Å². The van der Waals surface area contributed by atoms with Crippen molar-refractivity contribution in [2.24, 2.45) is 5.73 Å². The standard InChI is InChI=1S/C12H13F4NO3.ClH/c1-2-19-11(18)9(13)10(17)7-4-3-5-8(6-7)20-12(14,15)16;/h3-6,9-10H,2,17H2,1H3;1H/t9?,10-;/m1./s1. The van der Waals surface area contributed by atoms with Gasteiger partial charge in [-0.25, -0.2) is 9.18 Å². The number of halogens is 5. The fourth-order valence-corrected chi connectivity index (χ4v) is 1.46. The molecule has 0 aliphatic rings. The predicted molar refractivity (Wildman–Crippen MR) is 68.8 cm³/mol. The largest absolute Gasteiger partial charge is 0.573 e. The van der Waals surface area contributed by atoms with Gasteiger partial charge in [0.15, 0.2) is 0 Å². The molecular formula is C12H14ClF4NO3. The third-order valence-corrected chi connectivity index (χ3v) is 2.30. The van der Waals surface area contributed by atoms with E-state index in [9.17, 15) is 22.4 Å². The fourth-order valence-electron chi connectivity index (χ4n) is 1.46. The summed E-state index contributed by atoms with van der Waals surface area (Å²) in [5.41, 5.74) is 5.48. The summed E-state index contributed by atoms with van der Waals surface area (Å²) < 4.78 is 58.0. The summed E-state index contributed by atoms with van der Waals surface area (Å²) >= 11 is 0. The van der Waals surface area contributed by atoms with Crippen LogP contribution in [0.4, 0.5) is 17.6 Å². The number of hydrogen-bond donors (Lipinski definition) is 1. The molecule has 0 saturated carbocycles. The molecular weight excluding hydrogens is 318 g/mol. The molecule has 0 radical (unpaired) electrons. The second-order valence-corrected chi connectivity index (χ2v) is 3.80. The Morgan fingerprint density at radius 2 is 2.00 bits per heavy atom. The van der Waals surface area contributed by atoms with Crippen LogP contribution >= 0.6 is 12.4 Å². The lowest BCUT2D eigenvalue weighted by atomic mass is 10.0. The van der Waals surface area contributed by atoms with Crippen LogP contribution in [-0.4, -0.2) is 25.1 Å². The maximum atomic E-state index is 13.7. The predicted octanol–water partition coefficient (Wildman–Crippen LogP) is 2.91. The number of carbonyl (C=O) groups excluding carboxylic acids is 1. The summed E-state index contributed by atoms with van der Waals surface area (Å²) in [5, 5.41) is 0. The molecule has 4 nitrogen and oxygen atoms in total. The Morgan fingerprint density at radius 1 is 1.38 bits per heavy atom. The summed E-state index contributed by atoms with van der Waals surface area (Å²) in [6.45, 7) is 1.47. The molecule has 0 amide bonds. The highest BCUT2D eigenvalue weighted by molar-refractivity contribution is 5.85. The summed E-state index contributed by atoms with van der Waals surface area (Å²) in [5.74, 6) is -1.70. The van der Waals surface area contributed by atoms with E-state index in [0.717, 1.165) is 12.1 Å². The van der Waals surface area contributed by atoms with Crippen molar-refractivity contribution in [2.45, 2.75) is 25.5 Å². The first kappa shape index (κ1) is 19.5. The molecule has 0 aliphatic heterocycles. The van der Waals surface area contributed by atoms with E-state index >= 15 is 0 Å². The minimum absolute atomic E-state index is 0. The van der Waals surface area contributed by atoms with Crippen molar-refractivity contribution in [1.29, 1.82) is 0 Å². The van der Waals surface area contributed by atoms with E-state index in [0.29, 0.717) is 0 Å². The molecule has 0 saturated heterocycles. The maximum Gasteiger partial charge on any atom is 0.573 e. The number of rotatable bonds is 5. The molecule has 21 heavy (non-hydrogen) atoms. The number of esters is 1. The molecule has 0 spiro atoms. The van der Waals surface area contributed by atoms with Gasteiger partial charge in [0.05, 0.1) is 12.6 Å². The summed E-state index contributed by atoms with van der Waals surface area (Å²) in [4.78, 5) is 11.2. The zero-order valence-electron chi connectivity index (χ0n) is 10.9. The minimum atomic E-state index is -4.86. The minimum Gasteiger partial charge on any atom is -0.464 e. The van der Waals surface area contributed by atoms with Crippen LogP contribution in [0.15, 0.2) is 24.3 Å². The molecule has 1 aromatic rings. The van der Waals surface area contributed by atoms with E-state index in [1.807, 2.05) is 0 Å². The summed E-state index contributed by atoms with van der Waals surface area (Å²) in [6.07, 6.45) is -7.03. The number of ether oxygens (including phenoxy) is 2. The number of nitrogens with two attached hydrogens (primary N) is 1. The Labute approximate surface area is 124 Å². The molecule has 0 bridgehead atoms. The Kier molecular flexibility index (Phi) is 7.45. The Hall–Kier alpha value is -1.54. The number of benzene rings is 1. The normalized spacial score (nSPS) is 13.8. The van der Waals surface area contributed by atoms with Crippen LogP contribution in [0.2, 0.25) is 0 Å². The quantitative estimate of drug-likeness (QED) is 0.665. The van der Waals surface area contributed by atoms with Gasteiger partial charge in [0.2, 0.25) is 6.17 Å². The van der Waals surface area contributed by atoms with Crippen LogP contribution in [-0.2, 0) is 9.53 Å². The second kappa shape index (κ2) is 8.04. The van der Waals surface area contributed by atoms with Gasteiger partial charge in [0, 0.05) is 0 Å². The maximum absolute atomic E-state index is 13.7. The smallest absolute Gasteiger partial charge is 0.464 e. The van der Waals surface area contributed by atoms with Crippen LogP contribution in [0.3, 0.4) is 0 Å². The SMILES string of the molecule is CCOC(=O)C(F)[C@H](N)c1cccc(OC(F)(F)F)c1.Cl. The summed E-state index contributed by atoms with van der Waals surface area (Å²) in [6, 6.07) is 3.03. The average Bonchev–Trinajstić information content (AvgIpc) is 2.35. The van der Waals surface area contributed by atoms with Gasteiger partial charge in [-0.05, 0) is 24.6 Å². The molecule has 2 atom stereocenters. The first-order valence-electron chi connectivity index (χ1n) is 5.66. The van der Waals surface area contributed by atoms with Gasteiger partial charge in [-0.2, -0.15) is 0 Å². The van der Waals surface area contributed by atoms with E-state index < -0.39 is 30.3 Å². The third kappa shape index (κ3) is 6.17. The van der Waals surface area contributed by atoms with E-state index in [-0.39, 0.29) is 24.6 Å². The van der Waals surface area contributed by atoms with Crippen molar-refractivity contribution < 1.29 is 31.8 Å². The Morgan fingerprint density at radius 3 is 2.52 bits per heavy atom. The Balaban J connectivity index is 0.00000400. The molecule has 0 aliphatic carbocycles. The molecule has 0 heterocycles. The fraction of sp³-hybridized carbons (Fsp3) is 0.417. The van der Waals surface area contributed by atoms with Crippen molar-refractivity contribution in [3.05, 3.63) is 29.8 Å². The average molecular weight is 332 g/mol. The van der Waals surface area contributed by atoms with Crippen LogP contribution < -0.4 is 10.5 Å². The van der Waals surface area contributed by atoms with Crippen molar-refractivity contribution >= 4 is 18.4 Å². The molecule has 9 heteroatoms. The zero-order valence-corrected chi connectivity index (χ0v) is 11.7. The van der Waals surface area contributed by atoms with E-state index in [1.54, 1.807) is 0 Å². The van der Waals surface area contributed by atoms with Gasteiger partial charge in [-0.15, -0.1) is 25.6 Å². The van der Waals surface area contributed by atoms with Crippen LogP contribution in [0, 0.1) is 0 Å². The van der Waals surface area contributed by atoms with Crippen LogP contribution in [0.5, 0.6) is 5.75 Å². The number of carbonyl (C=O) groups is 1. The lowest BCUT2D eigenvalue weighted by Gasteiger charge is -2.17. The lowest BCUT2D eigenvalue weighted by Crippen LogP contribution is -2.31. The molecule has 120 valence electrons. The molecule has 2 N–H and O–H groups in total. The van der Waals surface area contributed by atoms with Gasteiger partial charge >= 0.3 is 12.3 Å². The van der Waals surface area contributed by atoms with Gasteiger partial charge in [0.25, 0.3) is 0 Å². The first-order chi connectivity index (χ1) is 9.24. The van der Waals surface area contributed by atoms with Crippen molar-refractivity contribution in [3.8, 4) is 5.75 Å². The second-order valence-electron chi connectivity index (χ2n) is 3.80. The molecule has 0 fully saturated rings. The topological polar surface area (TPSA) is 61.5 Å². The van der Waals surface area contributed by atoms with Crippen molar-refractivity contribution in [2.75, 3.05) is 6.61 Å². The Bertz CT molecular complexity index is 470. The van der Waals surface area contributed by atoms with Crippen LogP contribution in [0.25, 0.3) is 0 Å². The van der Waals surface area contributed by atoms with Crippen LogP contribution in [0.1, 0.15) is 18.5 Å². The van der Waals surface area contributed by atoms with Crippen molar-refractivity contribution in [3.63, 3.8) is 0 Å². The monoisotopic (exact) mass is 331 g/mol. The highest BCUT2D eigenvalue weighted by atomic mass is 35.5. The number of hydrogen-bond acceptors (Lipinski definition) is 4. The lowest BCUT2D eigenvalue weighted by molar-refractivity contribution is -0.274. The molecule has 1 aromatic carbocycles. The first-order valence-corrected chi connectivity index (χ1v) is 5.66. The summed E-state index contributed by atoms with van der Waals surface area (Å²) in [7, 11) is 0. The third-order valence-electron chi connectivity index (χ3n) is 2.30. The van der Waals surface area contributed by atoms with Gasteiger partial charge in [-0.1, -0.05) is 12.1 Å².